The zero-order valence-electron chi connectivity index (χ0n) is 10.3. The second-order valence-electron chi connectivity index (χ2n) is 4.62. The number of benzene rings is 1. The van der Waals surface area contributed by atoms with Gasteiger partial charge in [-0.05, 0) is 18.6 Å². The van der Waals surface area contributed by atoms with Crippen molar-refractivity contribution in [2.24, 2.45) is 0 Å². The van der Waals surface area contributed by atoms with Crippen LogP contribution in [-0.2, 0) is 13.0 Å². The topological polar surface area (TPSA) is 47.3 Å². The van der Waals surface area contributed by atoms with Gasteiger partial charge in [-0.3, -0.25) is 0 Å². The highest BCUT2D eigenvalue weighted by atomic mass is 16.5. The van der Waals surface area contributed by atoms with Crippen molar-refractivity contribution in [2.75, 3.05) is 7.11 Å². The van der Waals surface area contributed by atoms with E-state index in [0.717, 1.165) is 35.7 Å². The molecule has 1 aliphatic heterocycles. The number of aliphatic hydroxyl groups is 1. The Balaban J connectivity index is 1.97. The zero-order valence-corrected chi connectivity index (χ0v) is 10.3. The van der Waals surface area contributed by atoms with Crippen LogP contribution in [0.4, 0.5) is 0 Å². The number of methoxy groups -OCH3 is 1. The third-order valence-corrected chi connectivity index (χ3v) is 3.33. The monoisotopic (exact) mass is 244 g/mol. The van der Waals surface area contributed by atoms with Crippen LogP contribution in [0.3, 0.4) is 0 Å². The van der Waals surface area contributed by atoms with Crippen molar-refractivity contribution >= 4 is 0 Å². The molecule has 0 aliphatic carbocycles. The lowest BCUT2D eigenvalue weighted by Crippen LogP contribution is -2.23. The first kappa shape index (κ1) is 11.3. The van der Waals surface area contributed by atoms with Gasteiger partial charge >= 0.3 is 0 Å². The van der Waals surface area contributed by atoms with Crippen LogP contribution >= 0.6 is 0 Å². The van der Waals surface area contributed by atoms with Gasteiger partial charge in [0.1, 0.15) is 11.6 Å². The molecule has 1 atom stereocenters. The van der Waals surface area contributed by atoms with Crippen molar-refractivity contribution in [3.05, 3.63) is 36.3 Å². The molecule has 0 amide bonds. The number of aryl methyl sites for hydroxylation is 1. The van der Waals surface area contributed by atoms with Crippen LogP contribution in [0.1, 0.15) is 12.2 Å². The molecule has 94 valence electrons. The Bertz CT molecular complexity index is 563. The SMILES string of the molecule is COc1cccc(-c2cn3c(n2)CCC(O)C3)c1. The first-order valence-corrected chi connectivity index (χ1v) is 6.15. The van der Waals surface area contributed by atoms with Crippen LogP contribution < -0.4 is 4.74 Å². The standard InChI is InChI=1S/C14H16N2O2/c1-18-12-4-2-3-10(7-12)13-9-16-8-11(17)5-6-14(16)15-13/h2-4,7,9,11,17H,5-6,8H2,1H3. The van der Waals surface area contributed by atoms with E-state index in [9.17, 15) is 5.11 Å². The maximum absolute atomic E-state index is 9.65. The molecule has 0 saturated heterocycles. The molecule has 1 N–H and O–H groups in total. The summed E-state index contributed by atoms with van der Waals surface area (Å²) in [6.45, 7) is 0.645. The second-order valence-corrected chi connectivity index (χ2v) is 4.62. The average Bonchev–Trinajstić information content (AvgIpc) is 2.81. The summed E-state index contributed by atoms with van der Waals surface area (Å²) in [4.78, 5) is 4.63. The smallest absolute Gasteiger partial charge is 0.119 e. The van der Waals surface area contributed by atoms with Crippen LogP contribution in [0, 0.1) is 0 Å². The van der Waals surface area contributed by atoms with Crippen molar-refractivity contribution in [3.63, 3.8) is 0 Å². The van der Waals surface area contributed by atoms with Gasteiger partial charge < -0.3 is 14.4 Å². The molecule has 1 unspecified atom stereocenters. The van der Waals surface area contributed by atoms with Crippen LogP contribution in [0.25, 0.3) is 11.3 Å². The minimum Gasteiger partial charge on any atom is -0.497 e. The van der Waals surface area contributed by atoms with E-state index in [1.54, 1.807) is 7.11 Å². The summed E-state index contributed by atoms with van der Waals surface area (Å²) >= 11 is 0. The fourth-order valence-electron chi connectivity index (χ4n) is 2.35. The molecule has 4 heteroatoms. The van der Waals surface area contributed by atoms with Gasteiger partial charge in [0.25, 0.3) is 0 Å². The average molecular weight is 244 g/mol. The number of fused-ring (bicyclic) bond motifs is 1. The fourth-order valence-corrected chi connectivity index (χ4v) is 2.35. The molecule has 0 spiro atoms. The number of ether oxygens (including phenoxy) is 1. The zero-order chi connectivity index (χ0) is 12.5. The first-order valence-electron chi connectivity index (χ1n) is 6.15. The van der Waals surface area contributed by atoms with Gasteiger partial charge in [-0.2, -0.15) is 0 Å². The number of hydrogen-bond donors (Lipinski definition) is 1. The summed E-state index contributed by atoms with van der Waals surface area (Å²) in [7, 11) is 1.66. The Labute approximate surface area is 106 Å². The summed E-state index contributed by atoms with van der Waals surface area (Å²) in [6, 6.07) is 7.88. The number of aliphatic hydroxyl groups excluding tert-OH is 1. The van der Waals surface area contributed by atoms with E-state index in [0.29, 0.717) is 6.54 Å². The molecule has 18 heavy (non-hydrogen) atoms. The lowest BCUT2D eigenvalue weighted by molar-refractivity contribution is 0.130. The minimum absolute atomic E-state index is 0.246. The summed E-state index contributed by atoms with van der Waals surface area (Å²) < 4.78 is 7.27. The van der Waals surface area contributed by atoms with Crippen LogP contribution in [0.2, 0.25) is 0 Å². The summed E-state index contributed by atoms with van der Waals surface area (Å²) in [5, 5.41) is 9.65. The van der Waals surface area contributed by atoms with Gasteiger partial charge in [-0.15, -0.1) is 0 Å². The van der Waals surface area contributed by atoms with Crippen molar-refractivity contribution in [3.8, 4) is 17.0 Å². The van der Waals surface area contributed by atoms with Gasteiger partial charge in [-0.1, -0.05) is 12.1 Å². The van der Waals surface area contributed by atoms with Gasteiger partial charge in [0, 0.05) is 24.7 Å². The normalized spacial score (nSPS) is 18.4. The third kappa shape index (κ3) is 1.99. The number of nitrogens with zero attached hydrogens (tertiary/aromatic N) is 2. The molecule has 3 rings (SSSR count). The van der Waals surface area contributed by atoms with E-state index in [-0.39, 0.29) is 6.10 Å². The minimum atomic E-state index is -0.246. The second kappa shape index (κ2) is 4.46. The Morgan fingerprint density at radius 1 is 1.44 bits per heavy atom. The molecule has 1 aromatic carbocycles. The van der Waals surface area contributed by atoms with E-state index in [2.05, 4.69) is 4.98 Å². The van der Waals surface area contributed by atoms with Crippen LogP contribution in [-0.4, -0.2) is 27.9 Å². The largest absolute Gasteiger partial charge is 0.497 e. The van der Waals surface area contributed by atoms with E-state index in [4.69, 9.17) is 4.74 Å². The maximum atomic E-state index is 9.65. The van der Waals surface area contributed by atoms with Crippen LogP contribution in [0.15, 0.2) is 30.5 Å². The Kier molecular flexibility index (Phi) is 2.80. The molecule has 2 aromatic rings. The highest BCUT2D eigenvalue weighted by Crippen LogP contribution is 2.25. The molecular weight excluding hydrogens is 228 g/mol. The molecule has 4 nitrogen and oxygen atoms in total. The number of aromatic nitrogens is 2. The summed E-state index contributed by atoms with van der Waals surface area (Å²) in [5.41, 5.74) is 1.99. The van der Waals surface area contributed by atoms with Gasteiger partial charge in [0.15, 0.2) is 0 Å². The third-order valence-electron chi connectivity index (χ3n) is 3.33. The number of rotatable bonds is 2. The Morgan fingerprint density at radius 2 is 2.33 bits per heavy atom. The summed E-state index contributed by atoms with van der Waals surface area (Å²) in [6.07, 6.45) is 3.40. The molecule has 0 fully saturated rings. The number of hydrogen-bond acceptors (Lipinski definition) is 3. The van der Waals surface area contributed by atoms with Crippen molar-refractivity contribution in [1.29, 1.82) is 0 Å². The van der Waals surface area contributed by atoms with E-state index in [1.165, 1.54) is 0 Å². The van der Waals surface area contributed by atoms with E-state index >= 15 is 0 Å². The molecule has 0 bridgehead atoms. The van der Waals surface area contributed by atoms with E-state index < -0.39 is 0 Å². The summed E-state index contributed by atoms with van der Waals surface area (Å²) in [5.74, 6) is 1.89. The maximum Gasteiger partial charge on any atom is 0.119 e. The molecular formula is C14H16N2O2. The Hall–Kier alpha value is -1.81. The Morgan fingerprint density at radius 3 is 3.17 bits per heavy atom. The number of imidazole rings is 1. The quantitative estimate of drug-likeness (QED) is 0.877. The van der Waals surface area contributed by atoms with Gasteiger partial charge in [0.2, 0.25) is 0 Å². The van der Waals surface area contributed by atoms with Crippen molar-refractivity contribution < 1.29 is 9.84 Å². The van der Waals surface area contributed by atoms with Crippen molar-refractivity contribution in [1.82, 2.24) is 9.55 Å². The fraction of sp³-hybridized carbons (Fsp3) is 0.357. The molecule has 1 aliphatic rings. The molecule has 2 heterocycles. The molecule has 1 aromatic heterocycles. The lowest BCUT2D eigenvalue weighted by Gasteiger charge is -2.18. The van der Waals surface area contributed by atoms with Crippen molar-refractivity contribution in [2.45, 2.75) is 25.5 Å². The molecule has 0 saturated carbocycles. The highest BCUT2D eigenvalue weighted by Gasteiger charge is 2.18. The highest BCUT2D eigenvalue weighted by molar-refractivity contribution is 5.60. The van der Waals surface area contributed by atoms with E-state index in [1.807, 2.05) is 35.0 Å². The van der Waals surface area contributed by atoms with Crippen LogP contribution in [0.5, 0.6) is 5.75 Å². The first-order chi connectivity index (χ1) is 8.76. The predicted molar refractivity (Wildman–Crippen MR) is 68.5 cm³/mol. The van der Waals surface area contributed by atoms with Gasteiger partial charge in [0.05, 0.1) is 18.9 Å². The lowest BCUT2D eigenvalue weighted by atomic mass is 10.1. The molecule has 0 radical (unpaired) electrons. The van der Waals surface area contributed by atoms with Gasteiger partial charge in [-0.25, -0.2) is 4.98 Å². The predicted octanol–water partition coefficient (Wildman–Crippen LogP) is 1.87.